The van der Waals surface area contributed by atoms with Gasteiger partial charge in [-0.1, -0.05) is 57.0 Å². The second kappa shape index (κ2) is 13.9. The van der Waals surface area contributed by atoms with E-state index in [-0.39, 0.29) is 42.8 Å². The van der Waals surface area contributed by atoms with Crippen molar-refractivity contribution in [1.82, 2.24) is 20.9 Å². The quantitative estimate of drug-likeness (QED) is 0.323. The van der Waals surface area contributed by atoms with Gasteiger partial charge < -0.3 is 26.0 Å². The van der Waals surface area contributed by atoms with E-state index in [0.29, 0.717) is 38.6 Å². The Labute approximate surface area is 236 Å². The highest BCUT2D eigenvalue weighted by molar-refractivity contribution is 5.99. The molecule has 0 saturated carbocycles. The number of nitrogens with one attached hydrogen (secondary N) is 3. The molecule has 4 N–H and O–H groups in total. The van der Waals surface area contributed by atoms with Crippen LogP contribution in [0.15, 0.2) is 30.3 Å². The van der Waals surface area contributed by atoms with E-state index in [1.54, 1.807) is 18.7 Å². The number of aliphatic hydroxyl groups is 1. The molecule has 1 aromatic carbocycles. The minimum absolute atomic E-state index is 0.0811. The molecular weight excluding hydrogens is 512 g/mol. The number of nitrogens with zero attached hydrogens (tertiary/aromatic N) is 1. The molecular formula is C30H44N4O6. The lowest BCUT2D eigenvalue weighted by molar-refractivity contribution is -0.144. The highest BCUT2D eigenvalue weighted by Crippen LogP contribution is 2.26. The molecule has 0 bridgehead atoms. The monoisotopic (exact) mass is 556 g/mol. The summed E-state index contributed by atoms with van der Waals surface area (Å²) in [6, 6.07) is 6.86. The normalized spacial score (nSPS) is 28.5. The standard InChI is InChI=1S/C30H44N4O6/c1-5-30(4)29(40)32-23(17-21-12-8-6-9-13-21)28(39)34-18-19(2)16-24(34)27(38)31-22(26(37)33-30)14-10-7-11-15-25(36)20(3)35/h6,8-9,12-13,19-20,22-24,35H,5,7,10-11,14-18H2,1-4H3,(H,31,38)(H,32,40)(H,33,37). The van der Waals surface area contributed by atoms with E-state index in [0.717, 1.165) is 5.56 Å². The van der Waals surface area contributed by atoms with Gasteiger partial charge in [0, 0.05) is 19.4 Å². The summed E-state index contributed by atoms with van der Waals surface area (Å²) in [7, 11) is 0. The van der Waals surface area contributed by atoms with Crippen molar-refractivity contribution in [2.75, 3.05) is 6.54 Å². The Kier molecular flexibility index (Phi) is 10.8. The third kappa shape index (κ3) is 7.90. The number of aliphatic hydroxyl groups excluding tert-OH is 1. The van der Waals surface area contributed by atoms with Crippen LogP contribution in [0.2, 0.25) is 0 Å². The summed E-state index contributed by atoms with van der Waals surface area (Å²) in [6.45, 7) is 7.21. The molecule has 2 aliphatic rings. The van der Waals surface area contributed by atoms with Gasteiger partial charge in [-0.15, -0.1) is 0 Å². The van der Waals surface area contributed by atoms with Gasteiger partial charge in [-0.2, -0.15) is 0 Å². The number of carbonyl (C=O) groups excluding carboxylic acids is 5. The van der Waals surface area contributed by atoms with E-state index >= 15 is 0 Å². The number of Topliss-reactive ketones (excluding diaryl/α,β-unsaturated/α-hetero) is 1. The molecule has 10 nitrogen and oxygen atoms in total. The fourth-order valence-corrected chi connectivity index (χ4v) is 5.34. The first-order valence-electron chi connectivity index (χ1n) is 14.4. The molecule has 2 saturated heterocycles. The molecule has 6 atom stereocenters. The molecule has 1 aromatic rings. The number of unbranched alkanes of at least 4 members (excludes halogenated alkanes) is 2. The number of carbonyl (C=O) groups is 5. The Morgan fingerprint density at radius 3 is 2.40 bits per heavy atom. The molecule has 0 aliphatic carbocycles. The molecule has 0 spiro atoms. The first kappa shape index (κ1) is 31.3. The second-order valence-electron chi connectivity index (χ2n) is 11.5. The van der Waals surface area contributed by atoms with Crippen LogP contribution in [0.1, 0.15) is 78.2 Å². The van der Waals surface area contributed by atoms with Crippen molar-refractivity contribution in [2.24, 2.45) is 5.92 Å². The van der Waals surface area contributed by atoms with Crippen molar-refractivity contribution in [1.29, 1.82) is 0 Å². The van der Waals surface area contributed by atoms with Crippen LogP contribution in [0, 0.1) is 5.92 Å². The molecule has 0 aromatic heterocycles. The molecule has 2 aliphatic heterocycles. The SMILES string of the molecule is CCC1(C)NC(=O)C(CCCCCC(=O)C(C)O)NC(=O)C2CC(C)CN2C(=O)C(Cc2ccccc2)NC1=O. The summed E-state index contributed by atoms with van der Waals surface area (Å²) in [6.07, 6.45) is 2.32. The van der Waals surface area contributed by atoms with Gasteiger partial charge in [-0.3, -0.25) is 24.0 Å². The van der Waals surface area contributed by atoms with Crippen molar-refractivity contribution in [3.63, 3.8) is 0 Å². The Morgan fingerprint density at radius 2 is 1.75 bits per heavy atom. The van der Waals surface area contributed by atoms with Crippen LogP contribution in [-0.2, 0) is 30.4 Å². The van der Waals surface area contributed by atoms with Gasteiger partial charge in [0.15, 0.2) is 5.78 Å². The van der Waals surface area contributed by atoms with Gasteiger partial charge in [0.2, 0.25) is 23.6 Å². The summed E-state index contributed by atoms with van der Waals surface area (Å²) in [4.78, 5) is 67.7. The van der Waals surface area contributed by atoms with E-state index < -0.39 is 41.6 Å². The van der Waals surface area contributed by atoms with Crippen molar-refractivity contribution in [2.45, 2.75) is 109 Å². The second-order valence-corrected chi connectivity index (χ2v) is 11.5. The van der Waals surface area contributed by atoms with E-state index in [2.05, 4.69) is 16.0 Å². The maximum atomic E-state index is 13.9. The first-order valence-corrected chi connectivity index (χ1v) is 14.4. The van der Waals surface area contributed by atoms with E-state index in [4.69, 9.17) is 0 Å². The largest absolute Gasteiger partial charge is 0.386 e. The Balaban J connectivity index is 1.84. The maximum absolute atomic E-state index is 13.9. The van der Waals surface area contributed by atoms with Crippen molar-refractivity contribution in [3.8, 4) is 0 Å². The van der Waals surface area contributed by atoms with Crippen LogP contribution >= 0.6 is 0 Å². The topological polar surface area (TPSA) is 145 Å². The van der Waals surface area contributed by atoms with Crippen molar-refractivity contribution in [3.05, 3.63) is 35.9 Å². The lowest BCUT2D eigenvalue weighted by Crippen LogP contribution is -2.65. The summed E-state index contributed by atoms with van der Waals surface area (Å²) in [5, 5.41) is 18.0. The number of amides is 4. The predicted octanol–water partition coefficient (Wildman–Crippen LogP) is 1.63. The molecule has 4 amide bonds. The predicted molar refractivity (Wildman–Crippen MR) is 150 cm³/mol. The van der Waals surface area contributed by atoms with E-state index in [9.17, 15) is 29.1 Å². The highest BCUT2D eigenvalue weighted by atomic mass is 16.3. The lowest BCUT2D eigenvalue weighted by atomic mass is 9.94. The zero-order valence-corrected chi connectivity index (χ0v) is 24.1. The molecule has 6 unspecified atom stereocenters. The summed E-state index contributed by atoms with van der Waals surface area (Å²) >= 11 is 0. The minimum Gasteiger partial charge on any atom is -0.386 e. The van der Waals surface area contributed by atoms with E-state index in [1.165, 1.54) is 6.92 Å². The third-order valence-corrected chi connectivity index (χ3v) is 8.10. The zero-order chi connectivity index (χ0) is 29.4. The van der Waals surface area contributed by atoms with Gasteiger partial charge >= 0.3 is 0 Å². The third-order valence-electron chi connectivity index (χ3n) is 8.10. The highest BCUT2D eigenvalue weighted by Gasteiger charge is 2.44. The Hall–Kier alpha value is -3.27. The van der Waals surface area contributed by atoms with Crippen LogP contribution in [0.3, 0.4) is 0 Å². The van der Waals surface area contributed by atoms with Crippen LogP contribution in [-0.4, -0.2) is 75.7 Å². The van der Waals surface area contributed by atoms with Crippen LogP contribution in [0.25, 0.3) is 0 Å². The molecule has 2 heterocycles. The van der Waals surface area contributed by atoms with Crippen LogP contribution in [0.4, 0.5) is 0 Å². The van der Waals surface area contributed by atoms with Gasteiger partial charge in [-0.25, -0.2) is 0 Å². The maximum Gasteiger partial charge on any atom is 0.246 e. The van der Waals surface area contributed by atoms with Crippen LogP contribution in [0.5, 0.6) is 0 Å². The number of hydrogen-bond acceptors (Lipinski definition) is 6. The molecule has 40 heavy (non-hydrogen) atoms. The van der Waals surface area contributed by atoms with Crippen LogP contribution < -0.4 is 16.0 Å². The van der Waals surface area contributed by atoms with E-state index in [1.807, 2.05) is 37.3 Å². The van der Waals surface area contributed by atoms with Crippen molar-refractivity contribution < 1.29 is 29.1 Å². The average Bonchev–Trinajstić information content (AvgIpc) is 3.32. The summed E-state index contributed by atoms with van der Waals surface area (Å²) in [5.41, 5.74) is -0.422. The van der Waals surface area contributed by atoms with Gasteiger partial charge in [0.1, 0.15) is 29.8 Å². The number of fused-ring (bicyclic) bond motifs is 1. The lowest BCUT2D eigenvalue weighted by Gasteiger charge is -2.36. The van der Waals surface area contributed by atoms with Gasteiger partial charge in [-0.05, 0) is 51.0 Å². The number of ketones is 1. The molecule has 0 radical (unpaired) electrons. The number of hydrogen-bond donors (Lipinski definition) is 4. The first-order chi connectivity index (χ1) is 18.9. The molecule has 2 fully saturated rings. The van der Waals surface area contributed by atoms with Crippen molar-refractivity contribution >= 4 is 29.4 Å². The Bertz CT molecular complexity index is 1080. The Morgan fingerprint density at radius 1 is 1.05 bits per heavy atom. The molecule has 3 rings (SSSR count). The zero-order valence-electron chi connectivity index (χ0n) is 24.1. The number of benzene rings is 1. The fraction of sp³-hybridized carbons (Fsp3) is 0.633. The summed E-state index contributed by atoms with van der Waals surface area (Å²) in [5.74, 6) is -1.76. The number of rotatable bonds is 10. The molecule has 220 valence electrons. The fourth-order valence-electron chi connectivity index (χ4n) is 5.34. The minimum atomic E-state index is -1.30. The summed E-state index contributed by atoms with van der Waals surface area (Å²) < 4.78 is 0. The molecule has 10 heteroatoms. The smallest absolute Gasteiger partial charge is 0.246 e. The average molecular weight is 557 g/mol. The van der Waals surface area contributed by atoms with Gasteiger partial charge in [0.25, 0.3) is 0 Å². The van der Waals surface area contributed by atoms with Gasteiger partial charge in [0.05, 0.1) is 0 Å².